The zero-order valence-corrected chi connectivity index (χ0v) is 17.9. The third kappa shape index (κ3) is 9.41. The van der Waals surface area contributed by atoms with E-state index < -0.39 is 36.2 Å². The van der Waals surface area contributed by atoms with Crippen LogP contribution in [0.3, 0.4) is 0 Å². The minimum atomic E-state index is -0.970. The first-order chi connectivity index (χ1) is 13.2. The summed E-state index contributed by atoms with van der Waals surface area (Å²) in [4.78, 5) is 39.0. The smallest absolute Gasteiger partial charge is 0.303 e. The van der Waals surface area contributed by atoms with Crippen molar-refractivity contribution in [2.45, 2.75) is 71.2 Å². The largest absolute Gasteiger partial charge is 0.463 e. The van der Waals surface area contributed by atoms with Gasteiger partial charge < -0.3 is 24.3 Å². The van der Waals surface area contributed by atoms with E-state index >= 15 is 0 Å². The number of carbonyl (C=O) groups is 3. The number of thioether (sulfide) groups is 1. The molecule has 0 fully saturated rings. The molecule has 0 saturated heterocycles. The summed E-state index contributed by atoms with van der Waals surface area (Å²) in [6.45, 7) is 8.37. The van der Waals surface area contributed by atoms with Gasteiger partial charge in [-0.3, -0.25) is 19.4 Å². The van der Waals surface area contributed by atoms with Crippen LogP contribution in [0, 0.1) is 0 Å². The Bertz CT molecular complexity index is 570. The van der Waals surface area contributed by atoms with Crippen molar-refractivity contribution in [3.63, 3.8) is 0 Å². The van der Waals surface area contributed by atoms with Crippen molar-refractivity contribution < 1.29 is 33.3 Å². The van der Waals surface area contributed by atoms with Gasteiger partial charge in [0.05, 0.1) is 6.54 Å². The first-order valence-corrected chi connectivity index (χ1v) is 10.2. The van der Waals surface area contributed by atoms with Crippen LogP contribution < -0.4 is 5.32 Å². The van der Waals surface area contributed by atoms with E-state index in [0.29, 0.717) is 5.17 Å². The summed E-state index contributed by atoms with van der Waals surface area (Å²) in [6.07, 6.45) is -0.650. The van der Waals surface area contributed by atoms with Gasteiger partial charge in [0, 0.05) is 27.3 Å². The molecule has 28 heavy (non-hydrogen) atoms. The lowest BCUT2D eigenvalue weighted by molar-refractivity contribution is -0.184. The van der Waals surface area contributed by atoms with Crippen LogP contribution in [-0.4, -0.2) is 66.5 Å². The van der Waals surface area contributed by atoms with Gasteiger partial charge in [-0.2, -0.15) is 0 Å². The normalized spacial score (nSPS) is 25.4. The Labute approximate surface area is 169 Å². The number of hydrogen-bond donors (Lipinski definition) is 1. The van der Waals surface area contributed by atoms with E-state index in [1.54, 1.807) is 0 Å². The Hall–Kier alpha value is -1.81. The van der Waals surface area contributed by atoms with E-state index in [2.05, 4.69) is 17.2 Å². The summed E-state index contributed by atoms with van der Waals surface area (Å²) < 4.78 is 21.8. The van der Waals surface area contributed by atoms with Gasteiger partial charge >= 0.3 is 17.9 Å². The van der Waals surface area contributed by atoms with Gasteiger partial charge in [-0.05, 0) is 13.3 Å². The van der Waals surface area contributed by atoms with Crippen molar-refractivity contribution in [3.05, 3.63) is 0 Å². The number of aliphatic imine (C=N–C) groups is 1. The minimum absolute atomic E-state index is 0.0750. The molecule has 0 amide bonds. The molecule has 1 aliphatic rings. The quantitative estimate of drug-likeness (QED) is 0.374. The SMILES string of the molecule is CCCCNC1=NC[C@@H](OC(C)=O)[C@H](OC(C)=O)[C@@H](COC(C)=O)OC(C)S1. The Morgan fingerprint density at radius 2 is 1.86 bits per heavy atom. The number of ether oxygens (including phenoxy) is 4. The fourth-order valence-electron chi connectivity index (χ4n) is 2.53. The first kappa shape index (κ1) is 24.2. The second-order valence-electron chi connectivity index (χ2n) is 6.31. The molecule has 1 aliphatic heterocycles. The lowest BCUT2D eigenvalue weighted by Crippen LogP contribution is -2.48. The van der Waals surface area contributed by atoms with Gasteiger partial charge in [0.1, 0.15) is 18.1 Å². The third-order valence-electron chi connectivity index (χ3n) is 3.67. The third-order valence-corrected chi connectivity index (χ3v) is 4.61. The van der Waals surface area contributed by atoms with Gasteiger partial charge in [0.25, 0.3) is 0 Å². The average molecular weight is 419 g/mol. The Morgan fingerprint density at radius 1 is 1.18 bits per heavy atom. The average Bonchev–Trinajstić information content (AvgIpc) is 2.64. The van der Waals surface area contributed by atoms with Crippen LogP contribution in [0.5, 0.6) is 0 Å². The molecular weight excluding hydrogens is 388 g/mol. The van der Waals surface area contributed by atoms with E-state index in [1.807, 2.05) is 6.92 Å². The maximum absolute atomic E-state index is 11.7. The lowest BCUT2D eigenvalue weighted by Gasteiger charge is -2.31. The molecule has 4 atom stereocenters. The maximum Gasteiger partial charge on any atom is 0.303 e. The van der Waals surface area contributed by atoms with Gasteiger partial charge in [-0.25, -0.2) is 0 Å². The van der Waals surface area contributed by atoms with Crippen molar-refractivity contribution in [2.24, 2.45) is 4.99 Å². The zero-order valence-electron chi connectivity index (χ0n) is 17.1. The van der Waals surface area contributed by atoms with Gasteiger partial charge in [-0.15, -0.1) is 0 Å². The molecule has 1 rings (SSSR count). The number of hydrogen-bond acceptors (Lipinski definition) is 10. The summed E-state index contributed by atoms with van der Waals surface area (Å²) in [5.41, 5.74) is -0.373. The van der Waals surface area contributed by atoms with Crippen LogP contribution in [0.4, 0.5) is 0 Å². The van der Waals surface area contributed by atoms with Crippen LogP contribution in [0.25, 0.3) is 0 Å². The second kappa shape index (κ2) is 12.6. The fraction of sp³-hybridized carbons (Fsp3) is 0.778. The minimum Gasteiger partial charge on any atom is -0.463 e. The highest BCUT2D eigenvalue weighted by Gasteiger charge is 2.38. The molecule has 1 unspecified atom stereocenters. The molecule has 160 valence electrons. The fourth-order valence-corrected chi connectivity index (χ4v) is 3.37. The van der Waals surface area contributed by atoms with E-state index in [-0.39, 0.29) is 18.6 Å². The molecule has 10 heteroatoms. The molecule has 0 aliphatic carbocycles. The van der Waals surface area contributed by atoms with Crippen molar-refractivity contribution in [2.75, 3.05) is 19.7 Å². The number of nitrogens with zero attached hydrogens (tertiary/aromatic N) is 1. The van der Waals surface area contributed by atoms with Crippen LogP contribution in [0.1, 0.15) is 47.5 Å². The van der Waals surface area contributed by atoms with E-state index in [1.165, 1.54) is 32.5 Å². The van der Waals surface area contributed by atoms with Crippen LogP contribution in [-0.2, 0) is 33.3 Å². The molecule has 0 spiro atoms. The van der Waals surface area contributed by atoms with Crippen LogP contribution >= 0.6 is 11.8 Å². The molecule has 1 heterocycles. The number of carbonyl (C=O) groups excluding carboxylic acids is 3. The number of esters is 3. The van der Waals surface area contributed by atoms with Crippen LogP contribution in [0.2, 0.25) is 0 Å². The van der Waals surface area contributed by atoms with Crippen LogP contribution in [0.15, 0.2) is 4.99 Å². The molecule has 1 N–H and O–H groups in total. The number of amidine groups is 1. The maximum atomic E-state index is 11.7. The lowest BCUT2D eigenvalue weighted by atomic mass is 10.1. The number of rotatable bonds is 7. The summed E-state index contributed by atoms with van der Waals surface area (Å²) in [6, 6.07) is 0. The predicted molar refractivity (Wildman–Crippen MR) is 105 cm³/mol. The van der Waals surface area contributed by atoms with E-state index in [4.69, 9.17) is 18.9 Å². The summed E-state index contributed by atoms with van der Waals surface area (Å²) >= 11 is 1.36. The Kier molecular flexibility index (Phi) is 10.9. The van der Waals surface area contributed by atoms with Crippen molar-refractivity contribution in [3.8, 4) is 0 Å². The summed E-state index contributed by atoms with van der Waals surface area (Å²) in [5, 5.41) is 3.89. The summed E-state index contributed by atoms with van der Waals surface area (Å²) in [5.74, 6) is -1.60. The first-order valence-electron chi connectivity index (χ1n) is 9.31. The molecular formula is C18H30N2O7S. The molecule has 0 saturated carbocycles. The van der Waals surface area contributed by atoms with Crippen molar-refractivity contribution >= 4 is 34.8 Å². The topological polar surface area (TPSA) is 113 Å². The monoisotopic (exact) mass is 418 g/mol. The molecule has 0 aromatic carbocycles. The van der Waals surface area contributed by atoms with E-state index in [9.17, 15) is 14.4 Å². The van der Waals surface area contributed by atoms with Gasteiger partial charge in [0.2, 0.25) is 0 Å². The predicted octanol–water partition coefficient (Wildman–Crippen LogP) is 1.64. The zero-order chi connectivity index (χ0) is 21.1. The molecule has 0 bridgehead atoms. The Morgan fingerprint density at radius 3 is 2.43 bits per heavy atom. The highest BCUT2D eigenvalue weighted by Crippen LogP contribution is 2.23. The summed E-state index contributed by atoms with van der Waals surface area (Å²) in [7, 11) is 0. The van der Waals surface area contributed by atoms with Gasteiger partial charge in [0.15, 0.2) is 17.4 Å². The van der Waals surface area contributed by atoms with Gasteiger partial charge in [-0.1, -0.05) is 25.1 Å². The second-order valence-corrected chi connectivity index (χ2v) is 7.60. The molecule has 9 nitrogen and oxygen atoms in total. The number of nitrogens with one attached hydrogen (secondary N) is 1. The standard InChI is InChI=1S/C18H30N2O7S/c1-6-7-8-19-18-20-9-15(25-12(3)22)17(26-13(4)23)16(10-24-11(2)21)27-14(5)28-18/h14-17H,6-10H2,1-5H3,(H,19,20)/t14?,15-,16-,17+/m1/s1. The molecule has 0 aromatic rings. The number of unbranched alkanes of at least 4 members (excludes halogenated alkanes) is 1. The van der Waals surface area contributed by atoms with Crippen molar-refractivity contribution in [1.29, 1.82) is 0 Å². The highest BCUT2D eigenvalue weighted by molar-refractivity contribution is 8.14. The molecule has 0 aromatic heterocycles. The Balaban J connectivity index is 3.12. The van der Waals surface area contributed by atoms with Crippen molar-refractivity contribution in [1.82, 2.24) is 5.32 Å². The highest BCUT2D eigenvalue weighted by atomic mass is 32.2. The molecule has 0 radical (unpaired) electrons. The van der Waals surface area contributed by atoms with E-state index in [0.717, 1.165) is 19.4 Å².